The molecule has 0 aliphatic heterocycles. The molecule has 0 spiro atoms. The minimum Gasteiger partial charge on any atom is -0.333 e. The Morgan fingerprint density at radius 1 is 1.07 bits per heavy atom. The van der Waals surface area contributed by atoms with Crippen molar-refractivity contribution in [1.29, 1.82) is 0 Å². The maximum atomic E-state index is 12.2. The smallest absolute Gasteiger partial charge is 0.333 e. The van der Waals surface area contributed by atoms with E-state index in [0.717, 1.165) is 11.9 Å². The number of hydrogen-bond acceptors (Lipinski definition) is 7. The van der Waals surface area contributed by atoms with Gasteiger partial charge in [0.15, 0.2) is 0 Å². The number of carbonyl (C=O) groups excluding carboxylic acids is 1. The molecule has 148 valence electrons. The zero-order chi connectivity index (χ0) is 21.0. The van der Waals surface area contributed by atoms with Gasteiger partial charge >= 0.3 is 5.69 Å². The number of anilines is 3. The lowest BCUT2D eigenvalue weighted by Gasteiger charge is -2.12. The van der Waals surface area contributed by atoms with E-state index in [1.807, 2.05) is 6.92 Å². The van der Waals surface area contributed by atoms with Gasteiger partial charge in [-0.15, -0.1) is 0 Å². The van der Waals surface area contributed by atoms with Crippen LogP contribution in [0.15, 0.2) is 48.8 Å². The summed E-state index contributed by atoms with van der Waals surface area (Å²) in [5, 5.41) is 14.8. The number of hydrogen-bond donors (Lipinski definition) is 3. The number of nitro groups is 1. The van der Waals surface area contributed by atoms with Crippen molar-refractivity contribution in [3.05, 3.63) is 80.1 Å². The Balaban J connectivity index is 1.85. The molecular weight excluding hydrogens is 419 g/mol. The van der Waals surface area contributed by atoms with Crippen molar-refractivity contribution >= 4 is 52.1 Å². The minimum atomic E-state index is -0.679. The molecule has 0 saturated heterocycles. The number of aryl methyl sites for hydroxylation is 1. The predicted molar refractivity (Wildman–Crippen MR) is 111 cm³/mol. The van der Waals surface area contributed by atoms with Crippen molar-refractivity contribution in [2.75, 3.05) is 10.7 Å². The van der Waals surface area contributed by atoms with Crippen molar-refractivity contribution in [2.45, 2.75) is 6.92 Å². The van der Waals surface area contributed by atoms with Gasteiger partial charge in [-0.2, -0.15) is 0 Å². The van der Waals surface area contributed by atoms with E-state index in [2.05, 4.69) is 26.1 Å². The maximum Gasteiger partial charge on any atom is 0.355 e. The molecule has 0 unspecified atom stereocenters. The number of nitrogens with one attached hydrogen (secondary N) is 3. The Morgan fingerprint density at radius 3 is 2.45 bits per heavy atom. The van der Waals surface area contributed by atoms with Gasteiger partial charge in [-0.25, -0.2) is 9.97 Å². The first-order chi connectivity index (χ1) is 13.9. The van der Waals surface area contributed by atoms with E-state index in [1.54, 1.807) is 42.5 Å². The van der Waals surface area contributed by atoms with Crippen LogP contribution in [0.1, 0.15) is 15.9 Å². The Morgan fingerprint density at radius 2 is 1.76 bits per heavy atom. The number of halogens is 2. The Kier molecular flexibility index (Phi) is 6.10. The maximum absolute atomic E-state index is 12.2. The first-order valence-electron chi connectivity index (χ1n) is 8.20. The van der Waals surface area contributed by atoms with Gasteiger partial charge in [-0.05, 0) is 31.2 Å². The number of benzene rings is 2. The molecule has 0 fully saturated rings. The molecule has 9 nitrogen and oxygen atoms in total. The minimum absolute atomic E-state index is 0.124. The van der Waals surface area contributed by atoms with Crippen molar-refractivity contribution < 1.29 is 9.72 Å². The van der Waals surface area contributed by atoms with Gasteiger partial charge in [-0.1, -0.05) is 47.0 Å². The average molecular weight is 433 g/mol. The van der Waals surface area contributed by atoms with Crippen LogP contribution < -0.4 is 16.2 Å². The lowest BCUT2D eigenvalue weighted by molar-refractivity contribution is -0.383. The molecule has 0 radical (unpaired) electrons. The second-order valence-electron chi connectivity index (χ2n) is 5.85. The molecule has 0 bridgehead atoms. The summed E-state index contributed by atoms with van der Waals surface area (Å²) in [7, 11) is 0. The zero-order valence-corrected chi connectivity index (χ0v) is 16.5. The van der Waals surface area contributed by atoms with Crippen LogP contribution in [0, 0.1) is 17.0 Å². The lowest BCUT2D eigenvalue weighted by atomic mass is 10.1. The monoisotopic (exact) mass is 432 g/mol. The highest BCUT2D eigenvalue weighted by molar-refractivity contribution is 6.43. The second-order valence-corrected chi connectivity index (χ2v) is 6.63. The van der Waals surface area contributed by atoms with E-state index < -0.39 is 16.5 Å². The molecule has 3 N–H and O–H groups in total. The molecular formula is C18H14Cl2N6O3. The summed E-state index contributed by atoms with van der Waals surface area (Å²) in [6, 6.07) is 11.6. The van der Waals surface area contributed by atoms with Crippen LogP contribution in [-0.2, 0) is 0 Å². The SMILES string of the molecule is Cc1ccc(C(=O)NNc2ncnc(Nc3cccc(Cl)c3Cl)c2[N+](=O)[O-])cc1. The summed E-state index contributed by atoms with van der Waals surface area (Å²) in [6.45, 7) is 1.89. The number of amides is 1. The Labute approximate surface area is 175 Å². The molecule has 1 aromatic heterocycles. The molecule has 2 aromatic carbocycles. The van der Waals surface area contributed by atoms with Gasteiger partial charge in [-0.3, -0.25) is 25.8 Å². The Bertz CT molecular complexity index is 1080. The number of aromatic nitrogens is 2. The van der Waals surface area contributed by atoms with Crippen LogP contribution >= 0.6 is 23.2 Å². The van der Waals surface area contributed by atoms with Crippen LogP contribution in [0.5, 0.6) is 0 Å². The van der Waals surface area contributed by atoms with Crippen LogP contribution in [0.25, 0.3) is 0 Å². The first kappa shape index (κ1) is 20.3. The molecule has 0 aliphatic rings. The third kappa shape index (κ3) is 4.71. The summed E-state index contributed by atoms with van der Waals surface area (Å²) in [6.07, 6.45) is 1.11. The standard InChI is InChI=1S/C18H14Cl2N6O3/c1-10-5-7-11(8-6-10)18(27)25-24-17-15(26(28)29)16(21-9-22-17)23-13-4-2-3-12(19)14(13)20/h2-9H,1H3,(H,25,27)(H2,21,22,23,24). The molecule has 0 saturated carbocycles. The van der Waals surface area contributed by atoms with Crippen molar-refractivity contribution in [1.82, 2.24) is 15.4 Å². The highest BCUT2D eigenvalue weighted by Gasteiger charge is 2.24. The topological polar surface area (TPSA) is 122 Å². The summed E-state index contributed by atoms with van der Waals surface area (Å²) in [5.41, 5.74) is 6.08. The highest BCUT2D eigenvalue weighted by atomic mass is 35.5. The molecule has 3 aromatic rings. The van der Waals surface area contributed by atoms with E-state index in [0.29, 0.717) is 11.3 Å². The van der Waals surface area contributed by atoms with Gasteiger partial charge in [0.2, 0.25) is 11.6 Å². The van der Waals surface area contributed by atoms with Gasteiger partial charge < -0.3 is 5.32 Å². The summed E-state index contributed by atoms with van der Waals surface area (Å²) in [5.74, 6) is -0.808. The lowest BCUT2D eigenvalue weighted by Crippen LogP contribution is -2.30. The quantitative estimate of drug-likeness (QED) is 0.386. The van der Waals surface area contributed by atoms with Gasteiger partial charge in [0.25, 0.3) is 5.91 Å². The van der Waals surface area contributed by atoms with E-state index >= 15 is 0 Å². The molecule has 11 heteroatoms. The molecule has 1 amide bonds. The predicted octanol–water partition coefficient (Wildman–Crippen LogP) is 4.50. The van der Waals surface area contributed by atoms with Gasteiger partial charge in [0, 0.05) is 5.56 Å². The van der Waals surface area contributed by atoms with Gasteiger partial charge in [0.05, 0.1) is 20.7 Å². The van der Waals surface area contributed by atoms with E-state index in [1.165, 1.54) is 0 Å². The van der Waals surface area contributed by atoms with Crippen LogP contribution in [0.4, 0.5) is 23.0 Å². The fourth-order valence-corrected chi connectivity index (χ4v) is 2.70. The molecule has 29 heavy (non-hydrogen) atoms. The van der Waals surface area contributed by atoms with E-state index in [4.69, 9.17) is 23.2 Å². The fourth-order valence-electron chi connectivity index (χ4n) is 2.36. The van der Waals surface area contributed by atoms with Gasteiger partial charge in [0.1, 0.15) is 6.33 Å². The third-order valence-electron chi connectivity index (χ3n) is 3.82. The van der Waals surface area contributed by atoms with Crippen LogP contribution in [0.3, 0.4) is 0 Å². The highest BCUT2D eigenvalue weighted by Crippen LogP contribution is 2.35. The third-order valence-corrected chi connectivity index (χ3v) is 4.64. The second kappa shape index (κ2) is 8.72. The average Bonchev–Trinajstić information content (AvgIpc) is 2.70. The van der Waals surface area contributed by atoms with Crippen molar-refractivity contribution in [2.24, 2.45) is 0 Å². The van der Waals surface area contributed by atoms with Crippen molar-refractivity contribution in [3.63, 3.8) is 0 Å². The first-order valence-corrected chi connectivity index (χ1v) is 8.96. The summed E-state index contributed by atoms with van der Waals surface area (Å²) >= 11 is 12.1. The van der Waals surface area contributed by atoms with Crippen LogP contribution in [-0.4, -0.2) is 20.8 Å². The van der Waals surface area contributed by atoms with Crippen LogP contribution in [0.2, 0.25) is 10.0 Å². The largest absolute Gasteiger partial charge is 0.355 e. The van der Waals surface area contributed by atoms with E-state index in [-0.39, 0.29) is 21.7 Å². The molecule has 1 heterocycles. The van der Waals surface area contributed by atoms with Crippen molar-refractivity contribution in [3.8, 4) is 0 Å². The zero-order valence-electron chi connectivity index (χ0n) is 14.9. The number of carbonyl (C=O) groups is 1. The fraction of sp³-hybridized carbons (Fsp3) is 0.0556. The number of nitrogens with zero attached hydrogens (tertiary/aromatic N) is 3. The normalized spacial score (nSPS) is 10.3. The number of hydrazine groups is 1. The Hall–Kier alpha value is -3.43. The van der Waals surface area contributed by atoms with E-state index in [9.17, 15) is 14.9 Å². The summed E-state index contributed by atoms with van der Waals surface area (Å²) in [4.78, 5) is 30.9. The molecule has 3 rings (SSSR count). The molecule has 0 atom stereocenters. The molecule has 0 aliphatic carbocycles. The summed E-state index contributed by atoms with van der Waals surface area (Å²) < 4.78 is 0. The number of rotatable bonds is 6.